The average molecular weight is 296 g/mol. The predicted molar refractivity (Wildman–Crippen MR) is 78.2 cm³/mol. The molecule has 0 aromatic heterocycles. The van der Waals surface area contributed by atoms with Crippen molar-refractivity contribution in [3.05, 3.63) is 35.9 Å². The Bertz CT molecular complexity index is 563. The van der Waals surface area contributed by atoms with Crippen LogP contribution < -0.4 is 0 Å². The molecule has 1 atom stereocenters. The molecule has 0 radical (unpaired) electrons. The van der Waals surface area contributed by atoms with E-state index >= 15 is 0 Å². The molecule has 1 heterocycles. The number of hydrogen-bond acceptors (Lipinski definition) is 4. The van der Waals surface area contributed by atoms with Crippen molar-refractivity contribution in [2.45, 2.75) is 13.0 Å². The van der Waals surface area contributed by atoms with Crippen molar-refractivity contribution in [2.75, 3.05) is 32.4 Å². The largest absolute Gasteiger partial charge is 0.292 e. The number of piperazine rings is 1. The van der Waals surface area contributed by atoms with Gasteiger partial charge >= 0.3 is 0 Å². The van der Waals surface area contributed by atoms with Crippen LogP contribution in [-0.4, -0.2) is 61.9 Å². The van der Waals surface area contributed by atoms with Crippen molar-refractivity contribution in [1.82, 2.24) is 9.21 Å². The van der Waals surface area contributed by atoms with E-state index in [4.69, 9.17) is 0 Å². The fourth-order valence-electron chi connectivity index (χ4n) is 2.43. The lowest BCUT2D eigenvalue weighted by molar-refractivity contribution is 0.0782. The van der Waals surface area contributed by atoms with Crippen LogP contribution in [0.3, 0.4) is 0 Å². The summed E-state index contributed by atoms with van der Waals surface area (Å²) in [6.45, 7) is 3.96. The van der Waals surface area contributed by atoms with E-state index in [9.17, 15) is 13.2 Å². The van der Waals surface area contributed by atoms with Crippen LogP contribution in [0.2, 0.25) is 0 Å². The lowest BCUT2D eigenvalue weighted by atomic mass is 10.0. The lowest BCUT2D eigenvalue weighted by Crippen LogP contribution is -2.52. The first-order valence-electron chi connectivity index (χ1n) is 6.68. The van der Waals surface area contributed by atoms with E-state index in [-0.39, 0.29) is 11.8 Å². The Morgan fingerprint density at radius 3 is 2.15 bits per heavy atom. The van der Waals surface area contributed by atoms with E-state index in [0.29, 0.717) is 31.7 Å². The van der Waals surface area contributed by atoms with E-state index in [1.165, 1.54) is 10.6 Å². The maximum absolute atomic E-state index is 12.3. The second kappa shape index (κ2) is 6.03. The predicted octanol–water partition coefficient (Wildman–Crippen LogP) is 0.835. The van der Waals surface area contributed by atoms with Gasteiger partial charge in [-0.25, -0.2) is 8.42 Å². The molecule has 110 valence electrons. The van der Waals surface area contributed by atoms with Crippen LogP contribution in [0.25, 0.3) is 0 Å². The minimum atomic E-state index is -3.13. The fourth-order valence-corrected chi connectivity index (χ4v) is 3.26. The second-order valence-corrected chi connectivity index (χ2v) is 7.09. The molecule has 1 saturated heterocycles. The zero-order chi connectivity index (χ0) is 14.8. The zero-order valence-corrected chi connectivity index (χ0v) is 12.6. The summed E-state index contributed by atoms with van der Waals surface area (Å²) in [5.41, 5.74) is 0.700. The Kier molecular flexibility index (Phi) is 4.57. The summed E-state index contributed by atoms with van der Waals surface area (Å²) in [7, 11) is -3.13. The van der Waals surface area contributed by atoms with Crippen molar-refractivity contribution in [3.8, 4) is 0 Å². The molecule has 1 fully saturated rings. The van der Waals surface area contributed by atoms with E-state index in [0.717, 1.165) is 0 Å². The molecule has 5 nitrogen and oxygen atoms in total. The number of carbonyl (C=O) groups excluding carboxylic acids is 1. The quantitative estimate of drug-likeness (QED) is 0.773. The van der Waals surface area contributed by atoms with Crippen LogP contribution in [0, 0.1) is 0 Å². The van der Waals surface area contributed by atoms with Gasteiger partial charge in [0.1, 0.15) is 0 Å². The van der Waals surface area contributed by atoms with Gasteiger partial charge in [-0.3, -0.25) is 9.69 Å². The Labute approximate surface area is 120 Å². The first kappa shape index (κ1) is 15.2. The highest BCUT2D eigenvalue weighted by Gasteiger charge is 2.29. The van der Waals surface area contributed by atoms with Gasteiger partial charge in [-0.1, -0.05) is 30.3 Å². The third-order valence-corrected chi connectivity index (χ3v) is 5.03. The Hall–Kier alpha value is -1.24. The van der Waals surface area contributed by atoms with Gasteiger partial charge < -0.3 is 0 Å². The van der Waals surface area contributed by atoms with Crippen LogP contribution in [-0.2, 0) is 10.0 Å². The molecule has 1 aromatic carbocycles. The first-order valence-corrected chi connectivity index (χ1v) is 8.53. The summed E-state index contributed by atoms with van der Waals surface area (Å²) >= 11 is 0. The molecule has 0 aliphatic carbocycles. The fraction of sp³-hybridized carbons (Fsp3) is 0.500. The summed E-state index contributed by atoms with van der Waals surface area (Å²) < 4.78 is 24.4. The molecular weight excluding hydrogens is 276 g/mol. The van der Waals surface area contributed by atoms with Crippen molar-refractivity contribution in [1.29, 1.82) is 0 Å². The van der Waals surface area contributed by atoms with Crippen molar-refractivity contribution >= 4 is 15.8 Å². The lowest BCUT2D eigenvalue weighted by Gasteiger charge is -2.36. The summed E-state index contributed by atoms with van der Waals surface area (Å²) in [5.74, 6) is 0.0819. The highest BCUT2D eigenvalue weighted by Crippen LogP contribution is 2.13. The summed E-state index contributed by atoms with van der Waals surface area (Å²) in [6, 6.07) is 8.98. The summed E-state index contributed by atoms with van der Waals surface area (Å²) in [6.07, 6.45) is 1.22. The van der Waals surface area contributed by atoms with Gasteiger partial charge in [0.2, 0.25) is 10.0 Å². The highest BCUT2D eigenvalue weighted by molar-refractivity contribution is 7.88. The molecule has 0 amide bonds. The molecule has 1 unspecified atom stereocenters. The molecule has 2 rings (SSSR count). The molecule has 1 aliphatic heterocycles. The molecular formula is C14H20N2O3S. The number of nitrogens with zero attached hydrogens (tertiary/aromatic N) is 2. The van der Waals surface area contributed by atoms with Crippen LogP contribution >= 0.6 is 0 Å². The van der Waals surface area contributed by atoms with Gasteiger partial charge in [-0.05, 0) is 6.92 Å². The molecule has 20 heavy (non-hydrogen) atoms. The minimum Gasteiger partial charge on any atom is -0.292 e. The number of benzene rings is 1. The molecule has 0 N–H and O–H groups in total. The number of rotatable bonds is 4. The van der Waals surface area contributed by atoms with Gasteiger partial charge in [-0.15, -0.1) is 0 Å². The molecule has 0 bridgehead atoms. The topological polar surface area (TPSA) is 57.7 Å². The van der Waals surface area contributed by atoms with Crippen LogP contribution in [0.4, 0.5) is 0 Å². The van der Waals surface area contributed by atoms with Gasteiger partial charge in [-0.2, -0.15) is 4.31 Å². The van der Waals surface area contributed by atoms with Crippen LogP contribution in [0.5, 0.6) is 0 Å². The summed E-state index contributed by atoms with van der Waals surface area (Å²) in [5, 5.41) is 0. The summed E-state index contributed by atoms with van der Waals surface area (Å²) in [4.78, 5) is 14.4. The Balaban J connectivity index is 1.99. The van der Waals surface area contributed by atoms with Crippen molar-refractivity contribution < 1.29 is 13.2 Å². The molecule has 0 saturated carbocycles. The maximum Gasteiger partial charge on any atom is 0.211 e. The van der Waals surface area contributed by atoms with E-state index < -0.39 is 10.0 Å². The van der Waals surface area contributed by atoms with Crippen molar-refractivity contribution in [3.63, 3.8) is 0 Å². The molecule has 6 heteroatoms. The number of carbonyl (C=O) groups is 1. The first-order chi connectivity index (χ1) is 9.39. The smallest absolute Gasteiger partial charge is 0.211 e. The average Bonchev–Trinajstić information content (AvgIpc) is 2.46. The molecule has 1 aliphatic rings. The highest BCUT2D eigenvalue weighted by atomic mass is 32.2. The SMILES string of the molecule is CC(C(=O)c1ccccc1)N1CCN(S(C)(=O)=O)CC1. The van der Waals surface area contributed by atoms with Gasteiger partial charge in [0.15, 0.2) is 5.78 Å². The third kappa shape index (κ3) is 3.45. The number of ketones is 1. The molecule has 0 spiro atoms. The van der Waals surface area contributed by atoms with Gasteiger partial charge in [0, 0.05) is 31.7 Å². The van der Waals surface area contributed by atoms with Gasteiger partial charge in [0.25, 0.3) is 0 Å². The number of hydrogen-bond donors (Lipinski definition) is 0. The number of sulfonamides is 1. The Morgan fingerprint density at radius 2 is 1.65 bits per heavy atom. The van der Waals surface area contributed by atoms with E-state index in [1.54, 1.807) is 0 Å². The zero-order valence-electron chi connectivity index (χ0n) is 11.8. The minimum absolute atomic E-state index is 0.0819. The van der Waals surface area contributed by atoms with Crippen molar-refractivity contribution in [2.24, 2.45) is 0 Å². The van der Waals surface area contributed by atoms with Crippen LogP contribution in [0.1, 0.15) is 17.3 Å². The second-order valence-electron chi connectivity index (χ2n) is 5.10. The van der Waals surface area contributed by atoms with Gasteiger partial charge in [0.05, 0.1) is 12.3 Å². The number of Topliss-reactive ketones (excluding diaryl/α,β-unsaturated/α-hetero) is 1. The molecule has 1 aromatic rings. The maximum atomic E-state index is 12.3. The van der Waals surface area contributed by atoms with Crippen LogP contribution in [0.15, 0.2) is 30.3 Å². The third-order valence-electron chi connectivity index (χ3n) is 3.73. The normalized spacial score (nSPS) is 19.7. The van der Waals surface area contributed by atoms with E-state index in [1.807, 2.05) is 42.2 Å². The monoisotopic (exact) mass is 296 g/mol. The standard InChI is InChI=1S/C14H20N2O3S/c1-12(14(17)13-6-4-3-5-7-13)15-8-10-16(11-9-15)20(2,18)19/h3-7,12H,8-11H2,1-2H3. The Morgan fingerprint density at radius 1 is 1.10 bits per heavy atom. The van der Waals surface area contributed by atoms with E-state index in [2.05, 4.69) is 0 Å².